The van der Waals surface area contributed by atoms with E-state index in [2.05, 4.69) is 5.10 Å². The van der Waals surface area contributed by atoms with Crippen molar-refractivity contribution in [1.29, 1.82) is 0 Å². The van der Waals surface area contributed by atoms with Crippen LogP contribution in [0.5, 0.6) is 5.75 Å². The number of fused-ring (bicyclic) bond motifs is 2. The molecule has 0 atom stereocenters. The lowest BCUT2D eigenvalue weighted by Gasteiger charge is -2.11. The van der Waals surface area contributed by atoms with Crippen LogP contribution in [0.3, 0.4) is 0 Å². The lowest BCUT2D eigenvalue weighted by Crippen LogP contribution is -2.25. The number of aromatic nitrogens is 2. The predicted octanol–water partition coefficient (Wildman–Crippen LogP) is 4.02. The zero-order valence-corrected chi connectivity index (χ0v) is 16.9. The number of nitrogens with zero attached hydrogens (tertiary/aromatic N) is 2. The second kappa shape index (κ2) is 7.63. The standard InChI is InChI=1S/C25H16N2O5/c1-15-13-22(28)32-21-14-17(11-12-18(15)21)31-25(30)23-19-9-5-6-10-20(19)24(29)27(26-23)16-7-3-2-4-8-16/h2-14H,1H3. The molecule has 3 aromatic carbocycles. The van der Waals surface area contributed by atoms with E-state index >= 15 is 0 Å². The maximum absolute atomic E-state index is 13.1. The smallest absolute Gasteiger partial charge is 0.364 e. The van der Waals surface area contributed by atoms with Crippen molar-refractivity contribution in [1.82, 2.24) is 9.78 Å². The van der Waals surface area contributed by atoms with Gasteiger partial charge in [0.15, 0.2) is 5.69 Å². The Balaban J connectivity index is 1.62. The lowest BCUT2D eigenvalue weighted by atomic mass is 10.1. The van der Waals surface area contributed by atoms with Gasteiger partial charge in [0, 0.05) is 22.9 Å². The van der Waals surface area contributed by atoms with E-state index < -0.39 is 11.6 Å². The first-order chi connectivity index (χ1) is 15.5. The number of rotatable bonds is 3. The van der Waals surface area contributed by atoms with Gasteiger partial charge in [0.25, 0.3) is 5.56 Å². The molecule has 0 saturated carbocycles. The van der Waals surface area contributed by atoms with E-state index in [9.17, 15) is 14.4 Å². The largest absolute Gasteiger partial charge is 0.423 e. The van der Waals surface area contributed by atoms with Gasteiger partial charge in [-0.2, -0.15) is 9.78 Å². The van der Waals surface area contributed by atoms with E-state index in [1.807, 2.05) is 6.07 Å². The molecule has 32 heavy (non-hydrogen) atoms. The van der Waals surface area contributed by atoms with Gasteiger partial charge in [-0.15, -0.1) is 0 Å². The SMILES string of the molecule is Cc1cc(=O)oc2cc(OC(=O)c3nn(-c4ccccc4)c(=O)c4ccccc34)ccc12. The van der Waals surface area contributed by atoms with Crippen LogP contribution < -0.4 is 15.9 Å². The fraction of sp³-hybridized carbons (Fsp3) is 0.0400. The third kappa shape index (κ3) is 3.35. The molecule has 0 aliphatic heterocycles. The van der Waals surface area contributed by atoms with Crippen LogP contribution in [0, 0.1) is 6.92 Å². The van der Waals surface area contributed by atoms with Gasteiger partial charge < -0.3 is 9.15 Å². The molecule has 7 nitrogen and oxygen atoms in total. The first kappa shape index (κ1) is 19.4. The second-order valence-electron chi connectivity index (χ2n) is 7.24. The minimum Gasteiger partial charge on any atom is -0.423 e. The first-order valence-electron chi connectivity index (χ1n) is 9.85. The summed E-state index contributed by atoms with van der Waals surface area (Å²) in [6.07, 6.45) is 0. The van der Waals surface area contributed by atoms with Crippen molar-refractivity contribution in [3.63, 3.8) is 0 Å². The average Bonchev–Trinajstić information content (AvgIpc) is 2.79. The number of para-hydroxylation sites is 1. The molecule has 0 saturated heterocycles. The van der Waals surface area contributed by atoms with E-state index in [-0.39, 0.29) is 17.0 Å². The molecule has 7 heteroatoms. The highest BCUT2D eigenvalue weighted by Crippen LogP contribution is 2.24. The Morgan fingerprint density at radius 1 is 0.875 bits per heavy atom. The van der Waals surface area contributed by atoms with E-state index in [1.165, 1.54) is 16.8 Å². The Kier molecular flexibility index (Phi) is 4.63. The van der Waals surface area contributed by atoms with Gasteiger partial charge in [-0.3, -0.25) is 4.79 Å². The highest BCUT2D eigenvalue weighted by molar-refractivity contribution is 6.03. The van der Waals surface area contributed by atoms with Crippen LogP contribution >= 0.6 is 0 Å². The molecule has 0 spiro atoms. The van der Waals surface area contributed by atoms with Crippen LogP contribution in [0.2, 0.25) is 0 Å². The van der Waals surface area contributed by atoms with E-state index in [1.54, 1.807) is 67.6 Å². The zero-order chi connectivity index (χ0) is 22.2. The summed E-state index contributed by atoms with van der Waals surface area (Å²) < 4.78 is 12.0. The molecule has 0 N–H and O–H groups in total. The Bertz CT molecular complexity index is 1620. The van der Waals surface area contributed by atoms with Gasteiger partial charge in [-0.05, 0) is 42.8 Å². The first-order valence-corrected chi connectivity index (χ1v) is 9.85. The van der Waals surface area contributed by atoms with Crippen molar-refractivity contribution in [3.8, 4) is 11.4 Å². The van der Waals surface area contributed by atoms with E-state index in [0.717, 1.165) is 10.9 Å². The van der Waals surface area contributed by atoms with E-state index in [4.69, 9.17) is 9.15 Å². The highest BCUT2D eigenvalue weighted by atomic mass is 16.5. The summed E-state index contributed by atoms with van der Waals surface area (Å²) in [6.45, 7) is 1.80. The Morgan fingerprint density at radius 2 is 1.59 bits per heavy atom. The van der Waals surface area contributed by atoms with Crippen LogP contribution in [0.4, 0.5) is 0 Å². The molecule has 156 valence electrons. The molecule has 0 aliphatic carbocycles. The molecule has 0 fully saturated rings. The molecule has 5 aromatic rings. The molecule has 0 amide bonds. The quantitative estimate of drug-likeness (QED) is 0.247. The fourth-order valence-electron chi connectivity index (χ4n) is 3.61. The third-order valence-electron chi connectivity index (χ3n) is 5.13. The minimum atomic E-state index is -0.736. The predicted molar refractivity (Wildman–Crippen MR) is 120 cm³/mol. The van der Waals surface area contributed by atoms with Gasteiger partial charge in [0.05, 0.1) is 11.1 Å². The highest BCUT2D eigenvalue weighted by Gasteiger charge is 2.19. The van der Waals surface area contributed by atoms with Crippen molar-refractivity contribution < 1.29 is 13.9 Å². The van der Waals surface area contributed by atoms with Gasteiger partial charge in [-0.1, -0.05) is 36.4 Å². The van der Waals surface area contributed by atoms with Crippen molar-refractivity contribution in [2.75, 3.05) is 0 Å². The average molecular weight is 424 g/mol. The van der Waals surface area contributed by atoms with Gasteiger partial charge in [-0.25, -0.2) is 9.59 Å². The zero-order valence-electron chi connectivity index (χ0n) is 16.9. The van der Waals surface area contributed by atoms with Crippen molar-refractivity contribution in [2.45, 2.75) is 6.92 Å². The minimum absolute atomic E-state index is 0.00477. The maximum Gasteiger partial charge on any atom is 0.364 e. The number of hydrogen-bond acceptors (Lipinski definition) is 6. The molecule has 0 aliphatic rings. The Labute approximate surface area is 181 Å². The fourth-order valence-corrected chi connectivity index (χ4v) is 3.61. The van der Waals surface area contributed by atoms with E-state index in [0.29, 0.717) is 22.0 Å². The summed E-state index contributed by atoms with van der Waals surface area (Å²) in [5, 5.41) is 5.79. The number of esters is 1. The molecule has 2 heterocycles. The molecule has 0 radical (unpaired) electrons. The third-order valence-corrected chi connectivity index (χ3v) is 5.13. The summed E-state index contributed by atoms with van der Waals surface area (Å²) in [6, 6.07) is 21.8. The number of carbonyl (C=O) groups excluding carboxylic acids is 1. The van der Waals surface area contributed by atoms with Gasteiger partial charge in [0.2, 0.25) is 0 Å². The summed E-state index contributed by atoms with van der Waals surface area (Å²) in [4.78, 5) is 37.8. The number of ether oxygens (including phenoxy) is 1. The summed E-state index contributed by atoms with van der Waals surface area (Å²) in [5.41, 5.74) is 0.770. The van der Waals surface area contributed by atoms with Crippen LogP contribution in [-0.4, -0.2) is 15.7 Å². The number of hydrogen-bond donors (Lipinski definition) is 0. The van der Waals surface area contributed by atoms with Crippen molar-refractivity contribution in [2.24, 2.45) is 0 Å². The van der Waals surface area contributed by atoms with Crippen molar-refractivity contribution >= 4 is 27.7 Å². The van der Waals surface area contributed by atoms with Crippen LogP contribution in [0.25, 0.3) is 27.4 Å². The Hall–Kier alpha value is -4.52. The second-order valence-corrected chi connectivity index (χ2v) is 7.24. The molecular formula is C25H16N2O5. The number of benzene rings is 3. The van der Waals surface area contributed by atoms with Gasteiger partial charge in [0.1, 0.15) is 11.3 Å². The normalized spacial score (nSPS) is 11.0. The lowest BCUT2D eigenvalue weighted by molar-refractivity contribution is 0.0729. The topological polar surface area (TPSA) is 91.4 Å². The monoisotopic (exact) mass is 424 g/mol. The Morgan fingerprint density at radius 3 is 2.38 bits per heavy atom. The molecular weight excluding hydrogens is 408 g/mol. The molecule has 0 unspecified atom stereocenters. The number of aryl methyl sites for hydroxylation is 1. The summed E-state index contributed by atoms with van der Waals surface area (Å²) in [7, 11) is 0. The van der Waals surface area contributed by atoms with Crippen LogP contribution in [-0.2, 0) is 0 Å². The van der Waals surface area contributed by atoms with Crippen LogP contribution in [0.15, 0.2) is 92.9 Å². The molecule has 5 rings (SSSR count). The van der Waals surface area contributed by atoms with Crippen molar-refractivity contribution in [3.05, 3.63) is 111 Å². The summed E-state index contributed by atoms with van der Waals surface area (Å²) in [5.74, 6) is -0.542. The van der Waals surface area contributed by atoms with Gasteiger partial charge >= 0.3 is 11.6 Å². The molecule has 2 aromatic heterocycles. The molecule has 0 bridgehead atoms. The maximum atomic E-state index is 13.1. The van der Waals surface area contributed by atoms with Crippen LogP contribution in [0.1, 0.15) is 16.1 Å². The number of carbonyl (C=O) groups is 1. The summed E-state index contributed by atoms with van der Waals surface area (Å²) >= 11 is 0.